The number of hydrogen-bond donors (Lipinski definition) is 1. The highest BCUT2D eigenvalue weighted by molar-refractivity contribution is 5.19. The first-order valence-electron chi connectivity index (χ1n) is 8.88. The van der Waals surface area contributed by atoms with Gasteiger partial charge in [0.1, 0.15) is 11.6 Å². The Morgan fingerprint density at radius 2 is 1.71 bits per heavy atom. The first-order valence-corrected chi connectivity index (χ1v) is 8.88. The van der Waals surface area contributed by atoms with Crippen molar-refractivity contribution in [3.8, 4) is 0 Å². The summed E-state index contributed by atoms with van der Waals surface area (Å²) in [5.41, 5.74) is 6.30. The highest BCUT2D eigenvalue weighted by Crippen LogP contribution is 2.60. The molecule has 114 valence electrons. The minimum Gasteiger partial charge on any atom is -0.330 e. The van der Waals surface area contributed by atoms with E-state index >= 15 is 0 Å². The van der Waals surface area contributed by atoms with E-state index < -0.39 is 0 Å². The van der Waals surface area contributed by atoms with E-state index in [-0.39, 0.29) is 0 Å². The summed E-state index contributed by atoms with van der Waals surface area (Å²) in [6.45, 7) is 1.87. The zero-order valence-electron chi connectivity index (χ0n) is 12.8. The lowest BCUT2D eigenvalue weighted by atomic mass is 9.49. The Labute approximate surface area is 126 Å². The number of fused-ring (bicyclic) bond motifs is 1. The van der Waals surface area contributed by atoms with Gasteiger partial charge in [0, 0.05) is 18.4 Å². The Morgan fingerprint density at radius 1 is 1.05 bits per heavy atom. The van der Waals surface area contributed by atoms with Gasteiger partial charge in [0.05, 0.1) is 0 Å². The molecule has 0 spiro atoms. The standard InChI is InChI=1S/C17H26N4/c18-9-11-1-2-15-19-20-16(21(15)10-11)17-6-12-3-13(7-17)5-14(4-12)8-17/h11-14H,1-10,18H2. The second-order valence-electron chi connectivity index (χ2n) is 8.39. The van der Waals surface area contributed by atoms with Gasteiger partial charge in [-0.3, -0.25) is 0 Å². The summed E-state index contributed by atoms with van der Waals surface area (Å²) in [6, 6.07) is 0. The van der Waals surface area contributed by atoms with E-state index in [1.165, 1.54) is 56.6 Å². The number of rotatable bonds is 2. The van der Waals surface area contributed by atoms with Crippen LogP contribution in [0.3, 0.4) is 0 Å². The van der Waals surface area contributed by atoms with Gasteiger partial charge in [0.2, 0.25) is 0 Å². The van der Waals surface area contributed by atoms with Crippen LogP contribution in [-0.2, 0) is 18.4 Å². The highest BCUT2D eigenvalue weighted by Gasteiger charge is 2.54. The largest absolute Gasteiger partial charge is 0.330 e. The summed E-state index contributed by atoms with van der Waals surface area (Å²) in [6.07, 6.45) is 10.9. The Bertz CT molecular complexity index is 526. The molecule has 5 aliphatic rings. The third-order valence-corrected chi connectivity index (χ3v) is 6.89. The SMILES string of the molecule is NCC1CCc2nnc(C34CC5CC(CC(C5)C3)C4)n2C1. The van der Waals surface area contributed by atoms with Crippen LogP contribution in [0.5, 0.6) is 0 Å². The number of aryl methyl sites for hydroxylation is 1. The van der Waals surface area contributed by atoms with Gasteiger partial charge < -0.3 is 10.3 Å². The molecular formula is C17H26N4. The number of nitrogens with two attached hydrogens (primary N) is 1. The normalized spacial score (nSPS) is 44.0. The first kappa shape index (κ1) is 12.6. The average Bonchev–Trinajstić information content (AvgIpc) is 2.89. The van der Waals surface area contributed by atoms with Crippen molar-refractivity contribution in [3.63, 3.8) is 0 Å². The topological polar surface area (TPSA) is 56.7 Å². The molecule has 1 unspecified atom stereocenters. The van der Waals surface area contributed by atoms with Crippen LogP contribution >= 0.6 is 0 Å². The van der Waals surface area contributed by atoms with Crippen LogP contribution in [0, 0.1) is 23.7 Å². The third-order valence-electron chi connectivity index (χ3n) is 6.89. The molecule has 0 radical (unpaired) electrons. The molecule has 21 heavy (non-hydrogen) atoms. The van der Waals surface area contributed by atoms with Gasteiger partial charge >= 0.3 is 0 Å². The summed E-state index contributed by atoms with van der Waals surface area (Å²) < 4.78 is 2.48. The van der Waals surface area contributed by atoms with E-state index in [2.05, 4.69) is 9.67 Å². The van der Waals surface area contributed by atoms with Crippen molar-refractivity contribution in [3.05, 3.63) is 11.6 Å². The summed E-state index contributed by atoms with van der Waals surface area (Å²) >= 11 is 0. The molecule has 6 rings (SSSR count). The fourth-order valence-corrected chi connectivity index (χ4v) is 6.36. The van der Waals surface area contributed by atoms with Crippen molar-refractivity contribution in [1.29, 1.82) is 0 Å². The maximum atomic E-state index is 5.93. The van der Waals surface area contributed by atoms with Crippen molar-refractivity contribution in [1.82, 2.24) is 14.8 Å². The van der Waals surface area contributed by atoms with E-state index in [9.17, 15) is 0 Å². The molecule has 4 nitrogen and oxygen atoms in total. The van der Waals surface area contributed by atoms with Gasteiger partial charge in [-0.05, 0) is 75.2 Å². The van der Waals surface area contributed by atoms with Crippen LogP contribution in [0.15, 0.2) is 0 Å². The minimum atomic E-state index is 0.372. The van der Waals surface area contributed by atoms with Crippen LogP contribution in [-0.4, -0.2) is 21.3 Å². The van der Waals surface area contributed by atoms with Gasteiger partial charge in [-0.25, -0.2) is 0 Å². The summed E-state index contributed by atoms with van der Waals surface area (Å²) in [4.78, 5) is 0. The molecule has 4 aliphatic carbocycles. The van der Waals surface area contributed by atoms with Gasteiger partial charge in [-0.1, -0.05) is 0 Å². The molecule has 4 bridgehead atoms. The molecule has 4 heteroatoms. The molecule has 1 aliphatic heterocycles. The zero-order valence-corrected chi connectivity index (χ0v) is 12.8. The quantitative estimate of drug-likeness (QED) is 0.907. The Balaban J connectivity index is 1.55. The predicted octanol–water partition coefficient (Wildman–Crippen LogP) is 2.27. The maximum Gasteiger partial charge on any atom is 0.139 e. The molecule has 0 aromatic carbocycles. The Kier molecular flexibility index (Phi) is 2.59. The van der Waals surface area contributed by atoms with E-state index in [0.717, 1.165) is 37.3 Å². The van der Waals surface area contributed by atoms with E-state index in [1.807, 2.05) is 0 Å². The lowest BCUT2D eigenvalue weighted by Crippen LogP contribution is -2.50. The van der Waals surface area contributed by atoms with Crippen molar-refractivity contribution in [2.45, 2.75) is 63.3 Å². The Morgan fingerprint density at radius 3 is 2.33 bits per heavy atom. The monoisotopic (exact) mass is 286 g/mol. The Hall–Kier alpha value is -0.900. The average molecular weight is 286 g/mol. The lowest BCUT2D eigenvalue weighted by Gasteiger charge is -2.56. The van der Waals surface area contributed by atoms with Crippen molar-refractivity contribution in [2.75, 3.05) is 6.54 Å². The molecule has 1 atom stereocenters. The zero-order chi connectivity index (χ0) is 14.0. The predicted molar refractivity (Wildman–Crippen MR) is 80.7 cm³/mol. The maximum absolute atomic E-state index is 5.93. The van der Waals surface area contributed by atoms with Gasteiger partial charge in [-0.15, -0.1) is 10.2 Å². The third kappa shape index (κ3) is 1.77. The highest BCUT2D eigenvalue weighted by atomic mass is 15.3. The van der Waals surface area contributed by atoms with Gasteiger partial charge in [0.25, 0.3) is 0 Å². The fraction of sp³-hybridized carbons (Fsp3) is 0.882. The van der Waals surface area contributed by atoms with Crippen LogP contribution in [0.1, 0.15) is 56.6 Å². The molecule has 1 aromatic heterocycles. The van der Waals surface area contributed by atoms with Crippen molar-refractivity contribution in [2.24, 2.45) is 29.4 Å². The fourth-order valence-electron chi connectivity index (χ4n) is 6.36. The van der Waals surface area contributed by atoms with E-state index in [1.54, 1.807) is 0 Å². The van der Waals surface area contributed by atoms with E-state index in [4.69, 9.17) is 10.8 Å². The van der Waals surface area contributed by atoms with Crippen LogP contribution < -0.4 is 5.73 Å². The number of nitrogens with zero attached hydrogens (tertiary/aromatic N) is 3. The van der Waals surface area contributed by atoms with Gasteiger partial charge in [0.15, 0.2) is 0 Å². The second-order valence-corrected chi connectivity index (χ2v) is 8.39. The van der Waals surface area contributed by atoms with Gasteiger partial charge in [-0.2, -0.15) is 0 Å². The lowest BCUT2D eigenvalue weighted by molar-refractivity contribution is -0.0117. The molecule has 2 N–H and O–H groups in total. The van der Waals surface area contributed by atoms with Crippen LogP contribution in [0.25, 0.3) is 0 Å². The van der Waals surface area contributed by atoms with Crippen LogP contribution in [0.2, 0.25) is 0 Å². The second kappa shape index (κ2) is 4.31. The van der Waals surface area contributed by atoms with Crippen LogP contribution in [0.4, 0.5) is 0 Å². The molecule has 2 heterocycles. The minimum absolute atomic E-state index is 0.372. The molecule has 0 amide bonds. The molecule has 4 saturated carbocycles. The van der Waals surface area contributed by atoms with E-state index in [0.29, 0.717) is 11.3 Å². The molecule has 4 fully saturated rings. The smallest absolute Gasteiger partial charge is 0.139 e. The number of hydrogen-bond acceptors (Lipinski definition) is 3. The molecule has 0 saturated heterocycles. The summed E-state index contributed by atoms with van der Waals surface area (Å²) in [7, 11) is 0. The number of aromatic nitrogens is 3. The molecule has 1 aromatic rings. The molecular weight excluding hydrogens is 260 g/mol. The van der Waals surface area contributed by atoms with Crippen molar-refractivity contribution < 1.29 is 0 Å². The summed E-state index contributed by atoms with van der Waals surface area (Å²) in [5, 5.41) is 9.28. The first-order chi connectivity index (χ1) is 10.3. The van der Waals surface area contributed by atoms with Crippen molar-refractivity contribution >= 4 is 0 Å². The summed E-state index contributed by atoms with van der Waals surface area (Å²) in [5.74, 6) is 6.11.